The Morgan fingerprint density at radius 2 is 2.18 bits per heavy atom. The third kappa shape index (κ3) is 2.98. The molecule has 22 heavy (non-hydrogen) atoms. The molecule has 0 saturated heterocycles. The van der Waals surface area contributed by atoms with Crippen LogP contribution in [0.2, 0.25) is 0 Å². The van der Waals surface area contributed by atoms with Gasteiger partial charge in [0.25, 0.3) is 5.91 Å². The number of primary amides is 1. The number of hydrogen-bond donors (Lipinski definition) is 1. The molecule has 6 heteroatoms. The first-order chi connectivity index (χ1) is 10.5. The maximum absolute atomic E-state index is 11.2. The van der Waals surface area contributed by atoms with E-state index < -0.39 is 5.91 Å². The Bertz CT molecular complexity index is 684. The lowest BCUT2D eigenvalue weighted by Crippen LogP contribution is -2.44. The number of aromatic nitrogens is 1. The van der Waals surface area contributed by atoms with E-state index in [4.69, 9.17) is 5.73 Å². The molecule has 0 spiro atoms. The quantitative estimate of drug-likeness (QED) is 0.933. The van der Waals surface area contributed by atoms with Crippen molar-refractivity contribution in [3.63, 3.8) is 0 Å². The summed E-state index contributed by atoms with van der Waals surface area (Å²) in [6.07, 6.45) is 1.03. The zero-order chi connectivity index (χ0) is 15.7. The fourth-order valence-electron chi connectivity index (χ4n) is 2.87. The fourth-order valence-corrected chi connectivity index (χ4v) is 3.66. The second-order valence-corrected chi connectivity index (χ2v) is 6.64. The van der Waals surface area contributed by atoms with Gasteiger partial charge in [-0.3, -0.25) is 9.69 Å². The number of nitrogens with two attached hydrogens (primary N) is 1. The van der Waals surface area contributed by atoms with Crippen LogP contribution in [0, 0.1) is 0 Å². The summed E-state index contributed by atoms with van der Waals surface area (Å²) in [4.78, 5) is 19.9. The standard InChI is InChI=1S/C16H20N4OS/c1-19-8-12-6-4-3-5-11(12)7-13(19)9-20(2)16-18-14(10-22-16)15(17)21/h3-6,10,13H,7-9H2,1-2H3,(H2,17,21). The molecule has 1 amide bonds. The highest BCUT2D eigenvalue weighted by Crippen LogP contribution is 2.25. The number of fused-ring (bicyclic) bond motifs is 1. The van der Waals surface area contributed by atoms with Gasteiger partial charge < -0.3 is 10.6 Å². The monoisotopic (exact) mass is 316 g/mol. The molecule has 0 aliphatic carbocycles. The van der Waals surface area contributed by atoms with Crippen molar-refractivity contribution in [2.24, 2.45) is 5.73 Å². The third-order valence-corrected chi connectivity index (χ3v) is 5.13. The van der Waals surface area contributed by atoms with Gasteiger partial charge in [0, 0.05) is 31.6 Å². The van der Waals surface area contributed by atoms with E-state index in [9.17, 15) is 4.79 Å². The number of benzene rings is 1. The highest BCUT2D eigenvalue weighted by molar-refractivity contribution is 7.13. The number of anilines is 1. The lowest BCUT2D eigenvalue weighted by atomic mass is 9.94. The first kappa shape index (κ1) is 15.0. The number of thiazole rings is 1. The summed E-state index contributed by atoms with van der Waals surface area (Å²) in [5.74, 6) is -0.473. The Morgan fingerprint density at radius 3 is 2.86 bits per heavy atom. The summed E-state index contributed by atoms with van der Waals surface area (Å²) in [5, 5.41) is 2.55. The van der Waals surface area contributed by atoms with Crippen LogP contribution in [0.1, 0.15) is 21.6 Å². The minimum absolute atomic E-state index is 0.342. The first-order valence-corrected chi connectivity index (χ1v) is 8.16. The van der Waals surface area contributed by atoms with Gasteiger partial charge in [-0.2, -0.15) is 0 Å². The molecule has 1 aliphatic rings. The second-order valence-electron chi connectivity index (χ2n) is 5.80. The SMILES string of the molecule is CN(CC1Cc2ccccc2CN1C)c1nc(C(N)=O)cs1. The fraction of sp³-hybridized carbons (Fsp3) is 0.375. The summed E-state index contributed by atoms with van der Waals surface area (Å²) in [7, 11) is 4.17. The van der Waals surface area contributed by atoms with Gasteiger partial charge >= 0.3 is 0 Å². The number of amides is 1. The molecular weight excluding hydrogens is 296 g/mol. The van der Waals surface area contributed by atoms with Crippen molar-refractivity contribution >= 4 is 22.4 Å². The minimum Gasteiger partial charge on any atom is -0.364 e. The smallest absolute Gasteiger partial charge is 0.268 e. The van der Waals surface area contributed by atoms with E-state index in [-0.39, 0.29) is 0 Å². The van der Waals surface area contributed by atoms with E-state index in [1.165, 1.54) is 22.5 Å². The molecule has 2 heterocycles. The lowest BCUT2D eigenvalue weighted by molar-refractivity contribution is 0.0996. The maximum Gasteiger partial charge on any atom is 0.268 e. The molecule has 0 radical (unpaired) electrons. The van der Waals surface area contributed by atoms with Gasteiger partial charge in [0.1, 0.15) is 5.69 Å². The molecule has 0 bridgehead atoms. The number of likely N-dealkylation sites (N-methyl/N-ethyl adjacent to an activating group) is 2. The van der Waals surface area contributed by atoms with Crippen LogP contribution >= 0.6 is 11.3 Å². The minimum atomic E-state index is -0.473. The summed E-state index contributed by atoms with van der Waals surface area (Å²) in [5.41, 5.74) is 8.45. The average Bonchev–Trinajstić information content (AvgIpc) is 2.98. The van der Waals surface area contributed by atoms with Crippen LogP contribution in [0.25, 0.3) is 0 Å². The van der Waals surface area contributed by atoms with Gasteiger partial charge in [-0.25, -0.2) is 4.98 Å². The average molecular weight is 316 g/mol. The van der Waals surface area contributed by atoms with Crippen LogP contribution in [0.3, 0.4) is 0 Å². The lowest BCUT2D eigenvalue weighted by Gasteiger charge is -2.36. The van der Waals surface area contributed by atoms with Gasteiger partial charge in [0.2, 0.25) is 0 Å². The van der Waals surface area contributed by atoms with Crippen molar-refractivity contribution in [1.82, 2.24) is 9.88 Å². The second kappa shape index (κ2) is 6.06. The highest BCUT2D eigenvalue weighted by Gasteiger charge is 2.25. The molecule has 116 valence electrons. The van der Waals surface area contributed by atoms with Crippen molar-refractivity contribution in [1.29, 1.82) is 0 Å². The van der Waals surface area contributed by atoms with Crippen LogP contribution in [-0.2, 0) is 13.0 Å². The Kier molecular flexibility index (Phi) is 4.13. The highest BCUT2D eigenvalue weighted by atomic mass is 32.1. The predicted octanol–water partition coefficient (Wildman–Crippen LogP) is 1.73. The van der Waals surface area contributed by atoms with E-state index in [1.807, 2.05) is 7.05 Å². The topological polar surface area (TPSA) is 62.5 Å². The molecule has 1 aromatic heterocycles. The predicted molar refractivity (Wildman–Crippen MR) is 89.3 cm³/mol. The Balaban J connectivity index is 1.71. The van der Waals surface area contributed by atoms with Crippen molar-refractivity contribution in [2.45, 2.75) is 19.0 Å². The molecule has 1 aliphatic heterocycles. The first-order valence-electron chi connectivity index (χ1n) is 7.28. The Labute approximate surface area is 134 Å². The van der Waals surface area contributed by atoms with Crippen LogP contribution in [0.4, 0.5) is 5.13 Å². The van der Waals surface area contributed by atoms with E-state index in [2.05, 4.69) is 46.1 Å². The zero-order valence-corrected chi connectivity index (χ0v) is 13.6. The maximum atomic E-state index is 11.2. The van der Waals surface area contributed by atoms with Crippen molar-refractivity contribution in [3.05, 3.63) is 46.5 Å². The molecular formula is C16H20N4OS. The van der Waals surface area contributed by atoms with Gasteiger partial charge in [-0.05, 0) is 24.6 Å². The summed E-state index contributed by atoms with van der Waals surface area (Å²) in [6.45, 7) is 1.84. The van der Waals surface area contributed by atoms with Gasteiger partial charge in [0.15, 0.2) is 5.13 Å². The van der Waals surface area contributed by atoms with Crippen molar-refractivity contribution < 1.29 is 4.79 Å². The van der Waals surface area contributed by atoms with Crippen molar-refractivity contribution in [2.75, 3.05) is 25.5 Å². The zero-order valence-electron chi connectivity index (χ0n) is 12.8. The molecule has 0 saturated carbocycles. The molecule has 1 unspecified atom stereocenters. The molecule has 3 rings (SSSR count). The molecule has 0 fully saturated rings. The molecule has 5 nitrogen and oxygen atoms in total. The van der Waals surface area contributed by atoms with Crippen LogP contribution in [0.15, 0.2) is 29.6 Å². The Morgan fingerprint density at radius 1 is 1.45 bits per heavy atom. The summed E-state index contributed by atoms with van der Waals surface area (Å²) >= 11 is 1.46. The third-order valence-electron chi connectivity index (χ3n) is 4.17. The van der Waals surface area contributed by atoms with Gasteiger partial charge in [0.05, 0.1) is 0 Å². The van der Waals surface area contributed by atoms with Crippen LogP contribution < -0.4 is 10.6 Å². The van der Waals surface area contributed by atoms with E-state index in [1.54, 1.807) is 5.38 Å². The number of rotatable bonds is 4. The number of nitrogens with zero attached hydrogens (tertiary/aromatic N) is 3. The summed E-state index contributed by atoms with van der Waals surface area (Å²) in [6, 6.07) is 9.04. The van der Waals surface area contributed by atoms with Crippen molar-refractivity contribution in [3.8, 4) is 0 Å². The largest absolute Gasteiger partial charge is 0.364 e. The van der Waals surface area contributed by atoms with Crippen LogP contribution in [0.5, 0.6) is 0 Å². The van der Waals surface area contributed by atoms with E-state index in [0.717, 1.165) is 24.6 Å². The summed E-state index contributed by atoms with van der Waals surface area (Å²) < 4.78 is 0. The molecule has 2 aromatic rings. The number of hydrogen-bond acceptors (Lipinski definition) is 5. The van der Waals surface area contributed by atoms with E-state index >= 15 is 0 Å². The van der Waals surface area contributed by atoms with E-state index in [0.29, 0.717) is 11.7 Å². The number of carbonyl (C=O) groups excluding carboxylic acids is 1. The van der Waals surface area contributed by atoms with Gasteiger partial charge in [-0.1, -0.05) is 24.3 Å². The molecule has 2 N–H and O–H groups in total. The van der Waals surface area contributed by atoms with Crippen LogP contribution in [-0.4, -0.2) is 42.5 Å². The van der Waals surface area contributed by atoms with Gasteiger partial charge in [-0.15, -0.1) is 11.3 Å². The molecule has 1 atom stereocenters. The normalized spacial score (nSPS) is 18.0. The Hall–Kier alpha value is -1.92. The molecule has 1 aromatic carbocycles. The number of carbonyl (C=O) groups is 1.